The maximum Gasteiger partial charge on any atom is 0.410 e. The van der Waals surface area contributed by atoms with E-state index in [0.717, 1.165) is 37.5 Å². The number of ether oxygens (including phenoxy) is 2. The minimum atomic E-state index is -4.05. The van der Waals surface area contributed by atoms with Crippen LogP contribution in [0.25, 0.3) is 0 Å². The number of benzene rings is 1. The van der Waals surface area contributed by atoms with E-state index in [0.29, 0.717) is 12.2 Å². The summed E-state index contributed by atoms with van der Waals surface area (Å²) in [6, 6.07) is 2.95. The molecule has 3 saturated heterocycles. The van der Waals surface area contributed by atoms with Gasteiger partial charge in [0.15, 0.2) is 0 Å². The summed E-state index contributed by atoms with van der Waals surface area (Å²) in [5, 5.41) is 4.16. The fourth-order valence-electron chi connectivity index (χ4n) is 5.80. The van der Waals surface area contributed by atoms with Crippen molar-refractivity contribution in [1.29, 1.82) is 0 Å². The number of hydrogen-bond acceptors (Lipinski definition) is 7. The second-order valence-electron chi connectivity index (χ2n) is 12.6. The lowest BCUT2D eigenvalue weighted by Crippen LogP contribution is -2.65. The Morgan fingerprint density at radius 3 is 2.40 bits per heavy atom. The molecule has 16 heteroatoms. The fraction of sp³-hybridized carbons (Fsp3) is 0.552. The topological polar surface area (TPSA) is 135 Å². The van der Waals surface area contributed by atoms with Crippen LogP contribution in [0, 0.1) is 11.3 Å². The zero-order valence-corrected chi connectivity index (χ0v) is 26.5. The number of amides is 4. The van der Waals surface area contributed by atoms with E-state index in [1.807, 2.05) is 0 Å². The van der Waals surface area contributed by atoms with Gasteiger partial charge in [-0.25, -0.2) is 9.48 Å². The van der Waals surface area contributed by atoms with E-state index in [2.05, 4.69) is 10.5 Å². The van der Waals surface area contributed by atoms with Crippen molar-refractivity contribution in [3.05, 3.63) is 51.8 Å². The molecule has 244 valence electrons. The molecule has 3 fully saturated rings. The summed E-state index contributed by atoms with van der Waals surface area (Å²) in [7, 11) is 0. The number of nitrogens with zero attached hydrogens (tertiary/aromatic N) is 4. The summed E-state index contributed by atoms with van der Waals surface area (Å²) < 4.78 is 42.6. The van der Waals surface area contributed by atoms with Gasteiger partial charge in [0, 0.05) is 50.0 Å². The van der Waals surface area contributed by atoms with Gasteiger partial charge in [0.2, 0.25) is 5.91 Å². The van der Waals surface area contributed by atoms with Gasteiger partial charge >= 0.3 is 17.9 Å². The first kappa shape index (κ1) is 32.9. The predicted molar refractivity (Wildman–Crippen MR) is 157 cm³/mol. The van der Waals surface area contributed by atoms with Gasteiger partial charge in [-0.15, -0.1) is 0 Å². The molecule has 2 unspecified atom stereocenters. The molecular weight excluding hydrogens is 637 g/mol. The molecule has 3 aliphatic heterocycles. The van der Waals surface area contributed by atoms with Crippen LogP contribution < -0.4 is 10.9 Å². The van der Waals surface area contributed by atoms with E-state index in [1.54, 1.807) is 37.1 Å². The summed E-state index contributed by atoms with van der Waals surface area (Å²) in [4.78, 5) is 55.0. The van der Waals surface area contributed by atoms with E-state index >= 15 is 0 Å². The number of alkyl halides is 2. The Balaban J connectivity index is 1.30. The number of halogens is 4. The lowest BCUT2D eigenvalue weighted by molar-refractivity contribution is -0.151. The van der Waals surface area contributed by atoms with E-state index in [4.69, 9.17) is 32.7 Å². The molecule has 5 rings (SSSR count). The normalized spacial score (nSPS) is 21.3. The van der Waals surface area contributed by atoms with Crippen LogP contribution >= 0.6 is 23.2 Å². The molecule has 4 heterocycles. The first-order valence-corrected chi connectivity index (χ1v) is 15.2. The maximum atomic E-state index is 14.9. The quantitative estimate of drug-likeness (QED) is 0.457. The van der Waals surface area contributed by atoms with Crippen LogP contribution in [-0.2, 0) is 25.0 Å². The molecule has 4 amide bonds. The summed E-state index contributed by atoms with van der Waals surface area (Å²) in [6.07, 6.45) is 4.86. The first-order valence-electron chi connectivity index (χ1n) is 14.5. The smallest absolute Gasteiger partial charge is 0.410 e. The molecule has 0 radical (unpaired) electrons. The highest BCUT2D eigenvalue weighted by Gasteiger charge is 2.59. The zero-order valence-electron chi connectivity index (χ0n) is 24.9. The molecular formula is C29H34Cl2F2N6O6. The molecule has 1 spiro atoms. The average molecular weight is 672 g/mol. The predicted octanol–water partition coefficient (Wildman–Crippen LogP) is 4.14. The van der Waals surface area contributed by atoms with Crippen molar-refractivity contribution < 1.29 is 37.4 Å². The molecule has 1 aromatic heterocycles. The van der Waals surface area contributed by atoms with Crippen molar-refractivity contribution >= 4 is 47.0 Å². The van der Waals surface area contributed by atoms with Crippen molar-refractivity contribution in [1.82, 2.24) is 30.4 Å². The molecule has 3 aliphatic rings. The average Bonchev–Trinajstić information content (AvgIpc) is 3.62. The van der Waals surface area contributed by atoms with Crippen LogP contribution in [0.15, 0.2) is 30.6 Å². The minimum Gasteiger partial charge on any atom is -0.444 e. The summed E-state index contributed by atoms with van der Waals surface area (Å²) in [5.41, 5.74) is 1.81. The third-order valence-corrected chi connectivity index (χ3v) is 8.82. The van der Waals surface area contributed by atoms with Crippen molar-refractivity contribution in [3.8, 4) is 0 Å². The number of carbonyl (C=O) groups is 4. The van der Waals surface area contributed by atoms with Gasteiger partial charge in [-0.3, -0.25) is 25.2 Å². The largest absolute Gasteiger partial charge is 0.444 e. The van der Waals surface area contributed by atoms with Gasteiger partial charge < -0.3 is 19.3 Å². The molecule has 12 nitrogen and oxygen atoms in total. The number of nitrogens with one attached hydrogen (secondary N) is 2. The van der Waals surface area contributed by atoms with Gasteiger partial charge in [-0.2, -0.15) is 13.9 Å². The van der Waals surface area contributed by atoms with Crippen LogP contribution in [0.1, 0.15) is 62.2 Å². The van der Waals surface area contributed by atoms with Crippen LogP contribution in [-0.4, -0.2) is 81.8 Å². The molecule has 2 atom stereocenters. The SMILES string of the molecule is CC(C)(C)OC(=O)N1CC2(C1)CN(C(=O)c1cnn(C3CCCCO3)c1)CC2C(=O)NNC(=O)C(F)(F)c1ccc(Cl)c(Cl)c1. The Kier molecular flexibility index (Phi) is 9.04. The van der Waals surface area contributed by atoms with Crippen LogP contribution in [0.4, 0.5) is 13.6 Å². The van der Waals surface area contributed by atoms with Crippen LogP contribution in [0.2, 0.25) is 10.0 Å². The summed E-state index contributed by atoms with van der Waals surface area (Å²) in [6.45, 7) is 5.94. The molecule has 45 heavy (non-hydrogen) atoms. The van der Waals surface area contributed by atoms with Crippen LogP contribution in [0.3, 0.4) is 0 Å². The Morgan fingerprint density at radius 1 is 1.04 bits per heavy atom. The lowest BCUT2D eigenvalue weighted by Gasteiger charge is -2.49. The zero-order chi connectivity index (χ0) is 32.7. The van der Waals surface area contributed by atoms with Crippen molar-refractivity contribution in [2.75, 3.05) is 32.8 Å². The lowest BCUT2D eigenvalue weighted by atomic mass is 9.71. The second-order valence-corrected chi connectivity index (χ2v) is 13.4. The number of hydrazine groups is 1. The Hall–Kier alpha value is -3.49. The van der Waals surface area contributed by atoms with Gasteiger partial charge in [0.1, 0.15) is 11.8 Å². The second kappa shape index (κ2) is 12.4. The van der Waals surface area contributed by atoms with E-state index in [1.165, 1.54) is 16.0 Å². The summed E-state index contributed by atoms with van der Waals surface area (Å²) in [5.74, 6) is -7.98. The Labute approximate surface area is 268 Å². The number of aromatic nitrogens is 2. The molecule has 2 N–H and O–H groups in total. The third kappa shape index (κ3) is 6.87. The molecule has 0 aliphatic carbocycles. The Bertz CT molecular complexity index is 1490. The standard InChI is InChI=1S/C29H34Cl2F2N6O6/c1-27(2,3)45-26(43)38-15-28(16-38)14-37(24(41)17-11-34-39(12-17)22-6-4-5-9-44-22)13-19(28)23(40)35-36-25(42)29(32,33)18-7-8-20(30)21(31)10-18/h7-8,10-12,19,22H,4-6,9,13-16H2,1-3H3,(H,35,40)(H,36,42). The highest BCUT2D eigenvalue weighted by Crippen LogP contribution is 2.45. The van der Waals surface area contributed by atoms with E-state index < -0.39 is 52.2 Å². The highest BCUT2D eigenvalue weighted by atomic mass is 35.5. The van der Waals surface area contributed by atoms with E-state index in [-0.39, 0.29) is 42.5 Å². The number of likely N-dealkylation sites (tertiary alicyclic amines) is 2. The van der Waals surface area contributed by atoms with Gasteiger partial charge in [-0.05, 0) is 52.2 Å². The number of carbonyl (C=O) groups excluding carboxylic acids is 4. The molecule has 0 bridgehead atoms. The first-order chi connectivity index (χ1) is 21.1. The number of rotatable bonds is 5. The van der Waals surface area contributed by atoms with Gasteiger partial charge in [0.25, 0.3) is 5.91 Å². The van der Waals surface area contributed by atoms with Crippen molar-refractivity contribution in [2.45, 2.75) is 57.8 Å². The third-order valence-electron chi connectivity index (χ3n) is 8.08. The molecule has 0 saturated carbocycles. The maximum absolute atomic E-state index is 14.9. The fourth-order valence-corrected chi connectivity index (χ4v) is 6.10. The van der Waals surface area contributed by atoms with E-state index in [9.17, 15) is 28.0 Å². The van der Waals surface area contributed by atoms with Crippen molar-refractivity contribution in [3.63, 3.8) is 0 Å². The molecule has 2 aromatic rings. The van der Waals surface area contributed by atoms with Crippen LogP contribution in [0.5, 0.6) is 0 Å². The Morgan fingerprint density at radius 2 is 1.76 bits per heavy atom. The molecule has 1 aromatic carbocycles. The highest BCUT2D eigenvalue weighted by molar-refractivity contribution is 6.42. The van der Waals surface area contributed by atoms with Gasteiger partial charge in [0.05, 0.1) is 27.7 Å². The monoisotopic (exact) mass is 670 g/mol. The van der Waals surface area contributed by atoms with Gasteiger partial charge in [-0.1, -0.05) is 29.3 Å². The minimum absolute atomic E-state index is 0.0335. The van der Waals surface area contributed by atoms with Crippen molar-refractivity contribution in [2.24, 2.45) is 11.3 Å². The summed E-state index contributed by atoms with van der Waals surface area (Å²) >= 11 is 11.6. The number of hydrogen-bond donors (Lipinski definition) is 2.